The first kappa shape index (κ1) is 15.9. The molecule has 0 unspecified atom stereocenters. The summed E-state index contributed by atoms with van der Waals surface area (Å²) in [7, 11) is 0. The lowest BCUT2D eigenvalue weighted by Gasteiger charge is -2.22. The number of nitrogens with one attached hydrogen (secondary N) is 2. The van der Waals surface area contributed by atoms with Gasteiger partial charge in [0.2, 0.25) is 5.91 Å². The van der Waals surface area contributed by atoms with E-state index in [4.69, 9.17) is 0 Å². The van der Waals surface area contributed by atoms with Crippen molar-refractivity contribution in [2.45, 2.75) is 25.6 Å². The molecule has 0 bridgehead atoms. The Kier molecular flexibility index (Phi) is 4.43. The summed E-state index contributed by atoms with van der Waals surface area (Å²) >= 11 is 0. The van der Waals surface area contributed by atoms with Crippen molar-refractivity contribution in [2.75, 3.05) is 5.32 Å². The van der Waals surface area contributed by atoms with Crippen molar-refractivity contribution in [2.24, 2.45) is 5.92 Å². The zero-order chi connectivity index (χ0) is 16.3. The van der Waals surface area contributed by atoms with Crippen LogP contribution in [0.4, 0.5) is 19.0 Å². The van der Waals surface area contributed by atoms with E-state index in [-0.39, 0.29) is 42.8 Å². The number of hydrogen-bond donors (Lipinski definition) is 2. The molecule has 0 saturated heterocycles. The fraction of sp³-hybridized carbons (Fsp3) is 0.385. The second kappa shape index (κ2) is 6.12. The molecule has 0 radical (unpaired) electrons. The van der Waals surface area contributed by atoms with Gasteiger partial charge in [-0.3, -0.25) is 14.4 Å². The van der Waals surface area contributed by atoms with Crippen LogP contribution in [0.3, 0.4) is 0 Å². The van der Waals surface area contributed by atoms with Crippen molar-refractivity contribution in [3.8, 4) is 0 Å². The van der Waals surface area contributed by atoms with Crippen molar-refractivity contribution in [3.05, 3.63) is 23.9 Å². The monoisotopic (exact) mass is 315 g/mol. The van der Waals surface area contributed by atoms with Crippen LogP contribution in [-0.4, -0.2) is 28.8 Å². The smallest absolute Gasteiger partial charge is 0.352 e. The Balaban J connectivity index is 1.83. The number of pyridine rings is 1. The Bertz CT molecular complexity index is 591. The minimum Gasteiger partial charge on any atom is -0.352 e. The zero-order valence-electron chi connectivity index (χ0n) is 11.2. The third kappa shape index (κ3) is 4.03. The van der Waals surface area contributed by atoms with Crippen LogP contribution in [0.2, 0.25) is 0 Å². The van der Waals surface area contributed by atoms with Crippen LogP contribution in [-0.2, 0) is 20.9 Å². The molecule has 2 N–H and O–H groups in total. The van der Waals surface area contributed by atoms with Gasteiger partial charge in [-0.05, 0) is 11.6 Å². The first-order chi connectivity index (χ1) is 10.3. The van der Waals surface area contributed by atoms with Gasteiger partial charge in [-0.25, -0.2) is 4.98 Å². The van der Waals surface area contributed by atoms with Gasteiger partial charge >= 0.3 is 12.1 Å². The SMILES string of the molecule is O=C1CC(C(=O)NCc2ccc(NC(=O)C(F)(F)F)nc2)C1. The standard InChI is InChI=1S/C13H12F3N3O3/c14-13(15,16)12(22)19-10-2-1-7(5-17-10)6-18-11(21)8-3-9(20)4-8/h1-2,5,8H,3-4,6H2,(H,18,21)(H,17,19,22). The normalized spacial score (nSPS) is 15.1. The molecule has 1 aromatic heterocycles. The first-order valence-electron chi connectivity index (χ1n) is 6.38. The summed E-state index contributed by atoms with van der Waals surface area (Å²) in [4.78, 5) is 36.8. The van der Waals surface area contributed by atoms with Gasteiger partial charge in [-0.15, -0.1) is 0 Å². The van der Waals surface area contributed by atoms with Gasteiger partial charge < -0.3 is 10.6 Å². The lowest BCUT2D eigenvalue weighted by atomic mass is 9.83. The minimum absolute atomic E-state index is 0.0478. The maximum absolute atomic E-state index is 12.1. The van der Waals surface area contributed by atoms with Crippen LogP contribution in [0, 0.1) is 5.92 Å². The second-order valence-corrected chi connectivity index (χ2v) is 4.87. The Morgan fingerprint density at radius 2 is 1.95 bits per heavy atom. The number of alkyl halides is 3. The molecule has 118 valence electrons. The molecule has 1 aromatic rings. The van der Waals surface area contributed by atoms with Crippen molar-refractivity contribution in [1.29, 1.82) is 0 Å². The lowest BCUT2D eigenvalue weighted by molar-refractivity contribution is -0.167. The highest BCUT2D eigenvalue weighted by Crippen LogP contribution is 2.22. The summed E-state index contributed by atoms with van der Waals surface area (Å²) < 4.78 is 36.2. The number of ketones is 1. The van der Waals surface area contributed by atoms with Crippen LogP contribution < -0.4 is 10.6 Å². The topological polar surface area (TPSA) is 88.2 Å². The van der Waals surface area contributed by atoms with E-state index in [1.54, 1.807) is 5.32 Å². The minimum atomic E-state index is -4.98. The van der Waals surface area contributed by atoms with Crippen LogP contribution in [0.15, 0.2) is 18.3 Å². The fourth-order valence-corrected chi connectivity index (χ4v) is 1.80. The van der Waals surface area contributed by atoms with Gasteiger partial charge in [0, 0.05) is 25.6 Å². The highest BCUT2D eigenvalue weighted by atomic mass is 19.4. The number of carbonyl (C=O) groups is 3. The summed E-state index contributed by atoms with van der Waals surface area (Å²) in [6.07, 6.45) is -3.24. The molecule has 6 nitrogen and oxygen atoms in total. The average molecular weight is 315 g/mol. The highest BCUT2D eigenvalue weighted by Gasteiger charge is 2.38. The summed E-state index contributed by atoms with van der Waals surface area (Å²) in [5.41, 5.74) is 0.559. The van der Waals surface area contributed by atoms with Crippen LogP contribution in [0.25, 0.3) is 0 Å². The maximum Gasteiger partial charge on any atom is 0.471 e. The van der Waals surface area contributed by atoms with E-state index >= 15 is 0 Å². The van der Waals surface area contributed by atoms with Crippen molar-refractivity contribution < 1.29 is 27.6 Å². The number of carbonyl (C=O) groups excluding carboxylic acids is 3. The number of anilines is 1. The summed E-state index contributed by atoms with van der Waals surface area (Å²) in [6.45, 7) is 0.143. The van der Waals surface area contributed by atoms with E-state index in [9.17, 15) is 27.6 Å². The zero-order valence-corrected chi connectivity index (χ0v) is 11.2. The number of hydrogen-bond acceptors (Lipinski definition) is 4. The van der Waals surface area contributed by atoms with Gasteiger partial charge in [0.05, 0.1) is 5.92 Å². The molecule has 0 aromatic carbocycles. The molecule has 1 fully saturated rings. The van der Waals surface area contributed by atoms with Crippen LogP contribution >= 0.6 is 0 Å². The molecule has 9 heteroatoms. The van der Waals surface area contributed by atoms with Crippen LogP contribution in [0.5, 0.6) is 0 Å². The van der Waals surface area contributed by atoms with E-state index in [0.717, 1.165) is 0 Å². The second-order valence-electron chi connectivity index (χ2n) is 4.87. The van der Waals surface area contributed by atoms with Gasteiger partial charge in [0.1, 0.15) is 11.6 Å². The van der Waals surface area contributed by atoms with Crippen molar-refractivity contribution >= 4 is 23.4 Å². The van der Waals surface area contributed by atoms with E-state index in [0.29, 0.717) is 5.56 Å². The summed E-state index contributed by atoms with van der Waals surface area (Å²) in [6, 6.07) is 2.64. The molecule has 1 heterocycles. The largest absolute Gasteiger partial charge is 0.471 e. The molecule has 1 saturated carbocycles. The molecule has 2 rings (SSSR count). The van der Waals surface area contributed by atoms with Crippen molar-refractivity contribution in [1.82, 2.24) is 10.3 Å². The molecule has 1 aliphatic carbocycles. The fourth-order valence-electron chi connectivity index (χ4n) is 1.80. The Morgan fingerprint density at radius 3 is 2.45 bits per heavy atom. The molecule has 0 atom stereocenters. The van der Waals surface area contributed by atoms with E-state index in [1.165, 1.54) is 18.3 Å². The summed E-state index contributed by atoms with van der Waals surface area (Å²) in [5.74, 6) is -2.83. The molecular formula is C13H12F3N3O3. The van der Waals surface area contributed by atoms with Crippen LogP contribution in [0.1, 0.15) is 18.4 Å². The van der Waals surface area contributed by atoms with Gasteiger partial charge in [0.15, 0.2) is 0 Å². The summed E-state index contributed by atoms with van der Waals surface area (Å²) in [5, 5.41) is 4.22. The third-order valence-corrected chi connectivity index (χ3v) is 3.11. The van der Waals surface area contributed by atoms with E-state index < -0.39 is 12.1 Å². The molecule has 0 spiro atoms. The predicted octanol–water partition coefficient (Wildman–Crippen LogP) is 1.18. The molecular weight excluding hydrogens is 303 g/mol. The molecule has 0 aliphatic heterocycles. The highest BCUT2D eigenvalue weighted by molar-refractivity contribution is 5.96. The quantitative estimate of drug-likeness (QED) is 0.873. The number of halogens is 3. The number of nitrogens with zero attached hydrogens (tertiary/aromatic N) is 1. The Morgan fingerprint density at radius 1 is 1.27 bits per heavy atom. The molecule has 2 amide bonds. The van der Waals surface area contributed by atoms with E-state index in [2.05, 4.69) is 10.3 Å². The third-order valence-electron chi connectivity index (χ3n) is 3.11. The number of rotatable bonds is 4. The molecule has 22 heavy (non-hydrogen) atoms. The maximum atomic E-state index is 12.1. The van der Waals surface area contributed by atoms with Gasteiger partial charge in [-0.2, -0.15) is 13.2 Å². The Hall–Kier alpha value is -2.45. The number of aromatic nitrogens is 1. The Labute approximate surface area is 123 Å². The first-order valence-corrected chi connectivity index (χ1v) is 6.38. The lowest BCUT2D eigenvalue weighted by Crippen LogP contribution is -2.38. The number of Topliss-reactive ketones (excluding diaryl/α,β-unsaturated/α-hetero) is 1. The van der Waals surface area contributed by atoms with Gasteiger partial charge in [0.25, 0.3) is 0 Å². The predicted molar refractivity (Wildman–Crippen MR) is 68.5 cm³/mol. The van der Waals surface area contributed by atoms with Crippen molar-refractivity contribution in [3.63, 3.8) is 0 Å². The van der Waals surface area contributed by atoms with Gasteiger partial charge in [-0.1, -0.05) is 6.07 Å². The number of amides is 2. The molecule has 1 aliphatic rings. The average Bonchev–Trinajstić information content (AvgIpc) is 2.42. The van der Waals surface area contributed by atoms with E-state index in [1.807, 2.05) is 0 Å².